The van der Waals surface area contributed by atoms with Crippen LogP contribution in [-0.2, 0) is 9.59 Å². The zero-order valence-electron chi connectivity index (χ0n) is 10.8. The minimum Gasteiger partial charge on any atom is -0.358 e. The van der Waals surface area contributed by atoms with E-state index in [0.29, 0.717) is 5.82 Å². The molecule has 18 heavy (non-hydrogen) atoms. The lowest BCUT2D eigenvalue weighted by molar-refractivity contribution is -0.140. The number of pyridine rings is 1. The summed E-state index contributed by atoms with van der Waals surface area (Å²) in [5.41, 5.74) is 1.05. The van der Waals surface area contributed by atoms with E-state index in [4.69, 9.17) is 0 Å². The molecule has 1 aromatic heterocycles. The molecule has 0 bridgehead atoms. The fraction of sp³-hybridized carbons (Fsp3) is 0.462. The van der Waals surface area contributed by atoms with Gasteiger partial charge in [-0.3, -0.25) is 14.5 Å². The molecule has 96 valence electrons. The Morgan fingerprint density at radius 2 is 2.11 bits per heavy atom. The van der Waals surface area contributed by atoms with E-state index >= 15 is 0 Å². The van der Waals surface area contributed by atoms with Gasteiger partial charge in [0.05, 0.1) is 6.42 Å². The van der Waals surface area contributed by atoms with Gasteiger partial charge >= 0.3 is 0 Å². The first kappa shape index (κ1) is 12.5. The van der Waals surface area contributed by atoms with Crippen molar-refractivity contribution in [1.29, 1.82) is 0 Å². The van der Waals surface area contributed by atoms with Crippen LogP contribution in [-0.4, -0.2) is 33.8 Å². The van der Waals surface area contributed by atoms with E-state index in [2.05, 4.69) is 10.3 Å². The van der Waals surface area contributed by atoms with E-state index < -0.39 is 6.04 Å². The van der Waals surface area contributed by atoms with Crippen molar-refractivity contribution >= 4 is 17.6 Å². The Morgan fingerprint density at radius 3 is 2.61 bits per heavy atom. The van der Waals surface area contributed by atoms with E-state index in [1.165, 1.54) is 4.90 Å². The maximum absolute atomic E-state index is 12.0. The number of nitrogens with zero attached hydrogens (tertiary/aromatic N) is 2. The van der Waals surface area contributed by atoms with Gasteiger partial charge in [-0.15, -0.1) is 0 Å². The molecule has 0 radical (unpaired) electrons. The smallest absolute Gasteiger partial charge is 0.252 e. The summed E-state index contributed by atoms with van der Waals surface area (Å²) in [6.45, 7) is 5.62. The molecule has 5 nitrogen and oxygen atoms in total. The van der Waals surface area contributed by atoms with Gasteiger partial charge in [0.25, 0.3) is 5.91 Å². The second-order valence-corrected chi connectivity index (χ2v) is 4.82. The van der Waals surface area contributed by atoms with E-state index in [9.17, 15) is 9.59 Å². The van der Waals surface area contributed by atoms with E-state index in [1.807, 2.05) is 32.9 Å². The summed E-state index contributed by atoms with van der Waals surface area (Å²) in [4.78, 5) is 29.3. The molecular weight excluding hydrogens is 230 g/mol. The molecule has 0 spiro atoms. The zero-order chi connectivity index (χ0) is 13.3. The SMILES string of the molecule is Cc1ccc(NC2CC(=O)N(C(C)C)C2=O)nc1. The number of hydrogen-bond acceptors (Lipinski definition) is 4. The summed E-state index contributed by atoms with van der Waals surface area (Å²) in [5, 5.41) is 3.01. The van der Waals surface area contributed by atoms with Gasteiger partial charge in [-0.2, -0.15) is 0 Å². The third-order valence-corrected chi connectivity index (χ3v) is 2.93. The van der Waals surface area contributed by atoms with Crippen molar-refractivity contribution in [3.8, 4) is 0 Å². The summed E-state index contributed by atoms with van der Waals surface area (Å²) in [6.07, 6.45) is 1.93. The molecule has 1 unspecified atom stereocenters. The Bertz CT molecular complexity index is 468. The summed E-state index contributed by atoms with van der Waals surface area (Å²) in [6, 6.07) is 3.14. The second-order valence-electron chi connectivity index (χ2n) is 4.82. The van der Waals surface area contributed by atoms with Gasteiger partial charge in [-0.25, -0.2) is 4.98 Å². The van der Waals surface area contributed by atoms with Gasteiger partial charge in [0.2, 0.25) is 5.91 Å². The largest absolute Gasteiger partial charge is 0.358 e. The normalized spacial score (nSPS) is 19.8. The van der Waals surface area contributed by atoms with Crippen LogP contribution < -0.4 is 5.32 Å². The van der Waals surface area contributed by atoms with Gasteiger partial charge in [-0.05, 0) is 32.4 Å². The highest BCUT2D eigenvalue weighted by atomic mass is 16.2. The van der Waals surface area contributed by atoms with Gasteiger partial charge in [-0.1, -0.05) is 6.07 Å². The molecule has 1 aliphatic heterocycles. The number of nitrogens with one attached hydrogen (secondary N) is 1. The molecule has 0 saturated carbocycles. The minimum absolute atomic E-state index is 0.0947. The van der Waals surface area contributed by atoms with Crippen LogP contribution in [0, 0.1) is 6.92 Å². The highest BCUT2D eigenvalue weighted by molar-refractivity contribution is 6.07. The Kier molecular flexibility index (Phi) is 3.32. The third-order valence-electron chi connectivity index (χ3n) is 2.93. The Morgan fingerprint density at radius 1 is 1.39 bits per heavy atom. The average molecular weight is 247 g/mol. The number of carbonyl (C=O) groups excluding carboxylic acids is 2. The van der Waals surface area contributed by atoms with Crippen LogP contribution in [0.15, 0.2) is 18.3 Å². The van der Waals surface area contributed by atoms with Crippen molar-refractivity contribution in [2.24, 2.45) is 0 Å². The van der Waals surface area contributed by atoms with Crippen LogP contribution in [0.1, 0.15) is 25.8 Å². The lowest BCUT2D eigenvalue weighted by Crippen LogP contribution is -2.39. The molecule has 1 aromatic rings. The number of hydrogen-bond donors (Lipinski definition) is 1. The molecule has 0 aliphatic carbocycles. The van der Waals surface area contributed by atoms with Crippen LogP contribution in [0.3, 0.4) is 0 Å². The molecule has 1 saturated heterocycles. The number of likely N-dealkylation sites (tertiary alicyclic amines) is 1. The van der Waals surface area contributed by atoms with Crippen molar-refractivity contribution in [3.63, 3.8) is 0 Å². The fourth-order valence-electron chi connectivity index (χ4n) is 2.04. The maximum atomic E-state index is 12.0. The highest BCUT2D eigenvalue weighted by Gasteiger charge is 2.39. The van der Waals surface area contributed by atoms with Gasteiger partial charge in [0.15, 0.2) is 0 Å². The van der Waals surface area contributed by atoms with Gasteiger partial charge in [0, 0.05) is 12.2 Å². The van der Waals surface area contributed by atoms with Crippen LogP contribution >= 0.6 is 0 Å². The van der Waals surface area contributed by atoms with Crippen molar-refractivity contribution in [2.75, 3.05) is 5.32 Å². The van der Waals surface area contributed by atoms with Crippen molar-refractivity contribution in [1.82, 2.24) is 9.88 Å². The number of carbonyl (C=O) groups is 2. The quantitative estimate of drug-likeness (QED) is 0.819. The number of aromatic nitrogens is 1. The van der Waals surface area contributed by atoms with E-state index in [-0.39, 0.29) is 24.3 Å². The minimum atomic E-state index is -0.491. The first-order chi connectivity index (χ1) is 8.49. The summed E-state index contributed by atoms with van der Waals surface area (Å²) in [7, 11) is 0. The molecule has 2 rings (SSSR count). The van der Waals surface area contributed by atoms with Crippen LogP contribution in [0.25, 0.3) is 0 Å². The van der Waals surface area contributed by atoms with Crippen molar-refractivity contribution < 1.29 is 9.59 Å². The molecule has 1 aliphatic rings. The van der Waals surface area contributed by atoms with E-state index in [1.54, 1.807) is 6.20 Å². The predicted molar refractivity (Wildman–Crippen MR) is 68.0 cm³/mol. The molecule has 1 fully saturated rings. The predicted octanol–water partition coefficient (Wildman–Crippen LogP) is 1.34. The van der Waals surface area contributed by atoms with Crippen molar-refractivity contribution in [2.45, 2.75) is 39.3 Å². The number of amides is 2. The molecule has 2 heterocycles. The van der Waals surface area contributed by atoms with Crippen molar-refractivity contribution in [3.05, 3.63) is 23.9 Å². The summed E-state index contributed by atoms with van der Waals surface area (Å²) < 4.78 is 0. The summed E-state index contributed by atoms with van der Waals surface area (Å²) in [5.74, 6) is 0.328. The van der Waals surface area contributed by atoms with Gasteiger partial charge in [0.1, 0.15) is 11.9 Å². The first-order valence-corrected chi connectivity index (χ1v) is 6.04. The monoisotopic (exact) mass is 247 g/mol. The topological polar surface area (TPSA) is 62.3 Å². The second kappa shape index (κ2) is 4.76. The fourth-order valence-corrected chi connectivity index (χ4v) is 2.04. The molecule has 5 heteroatoms. The number of aryl methyl sites for hydroxylation is 1. The molecule has 2 amide bonds. The highest BCUT2D eigenvalue weighted by Crippen LogP contribution is 2.19. The van der Waals surface area contributed by atoms with Gasteiger partial charge < -0.3 is 5.32 Å². The maximum Gasteiger partial charge on any atom is 0.252 e. The Hall–Kier alpha value is -1.91. The van der Waals surface area contributed by atoms with E-state index in [0.717, 1.165) is 5.56 Å². The third kappa shape index (κ3) is 2.34. The average Bonchev–Trinajstić information content (AvgIpc) is 2.57. The molecule has 1 N–H and O–H groups in total. The standard InChI is InChI=1S/C13H17N3O2/c1-8(2)16-12(17)6-10(13(16)18)15-11-5-4-9(3)7-14-11/h4-5,7-8,10H,6H2,1-3H3,(H,14,15). The number of imide groups is 1. The molecular formula is C13H17N3O2. The van der Waals surface area contributed by atoms with Crippen LogP contribution in [0.2, 0.25) is 0 Å². The number of anilines is 1. The van der Waals surface area contributed by atoms with Crippen LogP contribution in [0.4, 0.5) is 5.82 Å². The first-order valence-electron chi connectivity index (χ1n) is 6.04. The Balaban J connectivity index is 2.10. The lowest BCUT2D eigenvalue weighted by atomic mass is 10.2. The zero-order valence-corrected chi connectivity index (χ0v) is 10.8. The molecule has 0 aromatic carbocycles. The lowest BCUT2D eigenvalue weighted by Gasteiger charge is -2.19. The molecule has 1 atom stereocenters. The van der Waals surface area contributed by atoms with Crippen LogP contribution in [0.5, 0.6) is 0 Å². The number of rotatable bonds is 3. The summed E-state index contributed by atoms with van der Waals surface area (Å²) >= 11 is 0. The Labute approximate surface area is 106 Å².